The number of rotatable bonds is 4. The quantitative estimate of drug-likeness (QED) is 0.528. The molecule has 148 valence electrons. The van der Waals surface area contributed by atoms with Gasteiger partial charge in [-0.3, -0.25) is 14.7 Å². The minimum atomic E-state index is -0.608. The van der Waals surface area contributed by atoms with E-state index < -0.39 is 5.60 Å². The summed E-state index contributed by atoms with van der Waals surface area (Å²) < 4.78 is 0. The molecule has 0 aliphatic carbocycles. The fourth-order valence-corrected chi connectivity index (χ4v) is 5.16. The van der Waals surface area contributed by atoms with Gasteiger partial charge < -0.3 is 20.2 Å². The zero-order chi connectivity index (χ0) is 18.4. The number of guanidine groups is 1. The van der Waals surface area contributed by atoms with Gasteiger partial charge in [0.05, 0.1) is 12.1 Å². The number of carbonyl (C=O) groups is 1. The van der Waals surface area contributed by atoms with Gasteiger partial charge >= 0.3 is 0 Å². The molecule has 2 N–H and O–H groups in total. The molecule has 3 fully saturated rings. The highest BCUT2D eigenvalue weighted by molar-refractivity contribution is 7.99. The third kappa shape index (κ3) is 5.27. The summed E-state index contributed by atoms with van der Waals surface area (Å²) in [5.74, 6) is 2.96. The number of thioether (sulfide) groups is 1. The second kappa shape index (κ2) is 9.28. The van der Waals surface area contributed by atoms with E-state index in [1.165, 1.54) is 6.42 Å². The lowest BCUT2D eigenvalue weighted by Crippen LogP contribution is -2.56. The normalized spacial score (nSPS) is 28.5. The van der Waals surface area contributed by atoms with Crippen LogP contribution in [0.4, 0.5) is 0 Å². The summed E-state index contributed by atoms with van der Waals surface area (Å²) in [5.41, 5.74) is -0.608. The lowest BCUT2D eigenvalue weighted by atomic mass is 10.0. The minimum Gasteiger partial charge on any atom is -0.387 e. The van der Waals surface area contributed by atoms with Gasteiger partial charge in [-0.05, 0) is 31.4 Å². The van der Waals surface area contributed by atoms with Crippen LogP contribution in [0.3, 0.4) is 0 Å². The number of carbonyl (C=O) groups excluding carboxylic acids is 1. The van der Waals surface area contributed by atoms with E-state index in [2.05, 4.69) is 20.1 Å². The Bertz CT molecular complexity index is 496. The standard InChI is InChI=1S/C18H33N5O2S/c1-19-17(20-14-18(25)5-12-26-15-18)23-10-8-21(9-11-23)13-16(24)22-6-3-2-4-7-22/h25H,2-15H2,1H3,(H,19,20). The summed E-state index contributed by atoms with van der Waals surface area (Å²) in [5, 5.41) is 13.8. The second-order valence-corrected chi connectivity index (χ2v) is 8.74. The first-order valence-electron chi connectivity index (χ1n) is 9.85. The average Bonchev–Trinajstić information content (AvgIpc) is 3.11. The molecule has 1 amide bonds. The first-order chi connectivity index (χ1) is 12.6. The summed E-state index contributed by atoms with van der Waals surface area (Å²) in [6.07, 6.45) is 4.38. The highest BCUT2D eigenvalue weighted by atomic mass is 32.2. The molecule has 0 aromatic rings. The number of amides is 1. The van der Waals surface area contributed by atoms with Crippen molar-refractivity contribution in [3.63, 3.8) is 0 Å². The molecular weight excluding hydrogens is 350 g/mol. The van der Waals surface area contributed by atoms with Crippen molar-refractivity contribution in [3.8, 4) is 0 Å². The lowest BCUT2D eigenvalue weighted by Gasteiger charge is -2.38. The minimum absolute atomic E-state index is 0.279. The van der Waals surface area contributed by atoms with Crippen LogP contribution in [0.1, 0.15) is 25.7 Å². The van der Waals surface area contributed by atoms with Gasteiger partial charge in [0.1, 0.15) is 0 Å². The van der Waals surface area contributed by atoms with Gasteiger partial charge in [-0.2, -0.15) is 11.8 Å². The summed E-state index contributed by atoms with van der Waals surface area (Å²) in [6, 6.07) is 0. The molecule has 3 rings (SSSR count). The molecule has 3 aliphatic rings. The van der Waals surface area contributed by atoms with Crippen LogP contribution in [-0.2, 0) is 4.79 Å². The van der Waals surface area contributed by atoms with Crippen molar-refractivity contribution in [3.05, 3.63) is 0 Å². The first kappa shape index (κ1) is 19.8. The van der Waals surface area contributed by atoms with E-state index in [1.54, 1.807) is 7.05 Å². The van der Waals surface area contributed by atoms with Gasteiger partial charge in [0, 0.05) is 58.6 Å². The van der Waals surface area contributed by atoms with Crippen LogP contribution in [0, 0.1) is 0 Å². The molecule has 3 heterocycles. The van der Waals surface area contributed by atoms with Crippen molar-refractivity contribution in [1.29, 1.82) is 0 Å². The zero-order valence-electron chi connectivity index (χ0n) is 16.0. The van der Waals surface area contributed by atoms with E-state index in [0.29, 0.717) is 13.1 Å². The van der Waals surface area contributed by atoms with E-state index in [9.17, 15) is 9.90 Å². The molecule has 0 bridgehead atoms. The van der Waals surface area contributed by atoms with Gasteiger partial charge in [-0.25, -0.2) is 0 Å². The molecule has 26 heavy (non-hydrogen) atoms. The van der Waals surface area contributed by atoms with E-state index in [0.717, 1.165) is 76.0 Å². The van der Waals surface area contributed by atoms with Gasteiger partial charge in [0.2, 0.25) is 5.91 Å². The van der Waals surface area contributed by atoms with Gasteiger partial charge in [-0.1, -0.05) is 0 Å². The van der Waals surface area contributed by atoms with Crippen LogP contribution in [0.5, 0.6) is 0 Å². The number of hydrogen-bond acceptors (Lipinski definition) is 5. The topological polar surface area (TPSA) is 71.4 Å². The number of nitrogens with zero attached hydrogens (tertiary/aromatic N) is 4. The number of piperidine rings is 1. The molecular formula is C18H33N5O2S. The molecule has 0 aromatic heterocycles. The molecule has 0 aromatic carbocycles. The van der Waals surface area contributed by atoms with Crippen LogP contribution in [-0.4, -0.2) is 108 Å². The number of aliphatic imine (C=N–C) groups is 1. The van der Waals surface area contributed by atoms with Crippen LogP contribution >= 0.6 is 11.8 Å². The lowest BCUT2D eigenvalue weighted by molar-refractivity contribution is -0.133. The maximum absolute atomic E-state index is 12.4. The number of aliphatic hydroxyl groups is 1. The third-order valence-corrected chi connectivity index (χ3v) is 6.84. The molecule has 0 saturated carbocycles. The summed E-state index contributed by atoms with van der Waals surface area (Å²) in [4.78, 5) is 23.3. The highest BCUT2D eigenvalue weighted by Gasteiger charge is 2.32. The molecule has 3 aliphatic heterocycles. The summed E-state index contributed by atoms with van der Waals surface area (Å²) >= 11 is 1.81. The molecule has 1 unspecified atom stereocenters. The first-order valence-corrected chi connectivity index (χ1v) is 11.0. The third-order valence-electron chi connectivity index (χ3n) is 5.61. The second-order valence-electron chi connectivity index (χ2n) is 7.63. The smallest absolute Gasteiger partial charge is 0.236 e. The fourth-order valence-electron chi connectivity index (χ4n) is 3.86. The Morgan fingerprint density at radius 1 is 1.12 bits per heavy atom. The van der Waals surface area contributed by atoms with Crippen LogP contribution < -0.4 is 5.32 Å². The van der Waals surface area contributed by atoms with Crippen LogP contribution in [0.25, 0.3) is 0 Å². The van der Waals surface area contributed by atoms with Gasteiger partial charge in [-0.15, -0.1) is 0 Å². The predicted molar refractivity (Wildman–Crippen MR) is 107 cm³/mol. The van der Waals surface area contributed by atoms with Crippen molar-refractivity contribution < 1.29 is 9.90 Å². The Balaban J connectivity index is 1.41. The highest BCUT2D eigenvalue weighted by Crippen LogP contribution is 2.27. The van der Waals surface area contributed by atoms with E-state index in [4.69, 9.17) is 0 Å². The Morgan fingerprint density at radius 3 is 2.46 bits per heavy atom. The maximum atomic E-state index is 12.4. The van der Waals surface area contributed by atoms with Crippen molar-refractivity contribution in [2.45, 2.75) is 31.3 Å². The fraction of sp³-hybridized carbons (Fsp3) is 0.889. The number of piperazine rings is 1. The van der Waals surface area contributed by atoms with Crippen molar-refractivity contribution >= 4 is 23.6 Å². The Morgan fingerprint density at radius 2 is 1.85 bits per heavy atom. The van der Waals surface area contributed by atoms with E-state index in [1.807, 2.05) is 16.7 Å². The van der Waals surface area contributed by atoms with Crippen molar-refractivity contribution in [2.24, 2.45) is 4.99 Å². The summed E-state index contributed by atoms with van der Waals surface area (Å²) in [7, 11) is 1.79. The molecule has 0 radical (unpaired) electrons. The number of hydrogen-bond donors (Lipinski definition) is 2. The van der Waals surface area contributed by atoms with Crippen LogP contribution in [0.15, 0.2) is 4.99 Å². The van der Waals surface area contributed by atoms with Crippen LogP contribution in [0.2, 0.25) is 0 Å². The largest absolute Gasteiger partial charge is 0.387 e. The average molecular weight is 384 g/mol. The molecule has 1 atom stereocenters. The summed E-state index contributed by atoms with van der Waals surface area (Å²) in [6.45, 7) is 6.42. The predicted octanol–water partition coefficient (Wildman–Crippen LogP) is 0.0599. The number of nitrogens with one attached hydrogen (secondary N) is 1. The molecule has 8 heteroatoms. The Labute approximate surface area is 161 Å². The Hall–Kier alpha value is -0.990. The van der Waals surface area contributed by atoms with Gasteiger partial charge in [0.25, 0.3) is 0 Å². The molecule has 0 spiro atoms. The molecule has 7 nitrogen and oxygen atoms in total. The number of likely N-dealkylation sites (tertiary alicyclic amines) is 1. The molecule has 3 saturated heterocycles. The van der Waals surface area contributed by atoms with E-state index in [-0.39, 0.29) is 5.91 Å². The zero-order valence-corrected chi connectivity index (χ0v) is 16.8. The maximum Gasteiger partial charge on any atom is 0.236 e. The monoisotopic (exact) mass is 383 g/mol. The van der Waals surface area contributed by atoms with Crippen molar-refractivity contribution in [2.75, 3.05) is 70.9 Å². The van der Waals surface area contributed by atoms with E-state index >= 15 is 0 Å². The van der Waals surface area contributed by atoms with Crippen molar-refractivity contribution in [1.82, 2.24) is 20.0 Å². The SMILES string of the molecule is CN=C(NCC1(O)CCSC1)N1CCN(CC(=O)N2CCCCC2)CC1. The van der Waals surface area contributed by atoms with Gasteiger partial charge in [0.15, 0.2) is 5.96 Å². The Kier molecular flexibility index (Phi) is 7.05.